The van der Waals surface area contributed by atoms with Gasteiger partial charge in [-0.15, -0.1) is 10.2 Å². The van der Waals surface area contributed by atoms with Crippen LogP contribution in [-0.4, -0.2) is 24.9 Å². The van der Waals surface area contributed by atoms with E-state index in [4.69, 9.17) is 11.6 Å². The molecule has 0 atom stereocenters. The van der Waals surface area contributed by atoms with E-state index in [1.165, 1.54) is 4.68 Å². The van der Waals surface area contributed by atoms with E-state index in [9.17, 15) is 20.3 Å². The van der Waals surface area contributed by atoms with Crippen LogP contribution in [-0.2, 0) is 0 Å². The molecular weight excluding hydrogens is 362 g/mol. The molecule has 0 radical (unpaired) electrons. The maximum atomic E-state index is 10.8. The van der Waals surface area contributed by atoms with Gasteiger partial charge in [-0.1, -0.05) is 23.7 Å². The maximum Gasteiger partial charge on any atom is 0.271 e. The number of aromatic hydroxyl groups is 2. The van der Waals surface area contributed by atoms with Gasteiger partial charge in [0.25, 0.3) is 5.69 Å². The number of nitro benzene ring substituents is 1. The molecule has 0 aliphatic rings. The molecule has 132 valence electrons. The second kappa shape index (κ2) is 6.81. The van der Waals surface area contributed by atoms with Crippen LogP contribution in [0.3, 0.4) is 0 Å². The Kier molecular flexibility index (Phi) is 4.55. The Morgan fingerprint density at radius 2 is 1.92 bits per heavy atom. The summed E-state index contributed by atoms with van der Waals surface area (Å²) >= 11 is 6.11. The number of nitro groups is 1. The third-order valence-electron chi connectivity index (χ3n) is 3.51. The van der Waals surface area contributed by atoms with Crippen molar-refractivity contribution < 1.29 is 15.1 Å². The molecule has 26 heavy (non-hydrogen) atoms. The summed E-state index contributed by atoms with van der Waals surface area (Å²) < 4.78 is 1.21. The van der Waals surface area contributed by atoms with Gasteiger partial charge in [-0.25, -0.2) is 0 Å². The third-order valence-corrected chi connectivity index (χ3v) is 3.83. The van der Waals surface area contributed by atoms with Crippen molar-refractivity contribution in [3.63, 3.8) is 0 Å². The summed E-state index contributed by atoms with van der Waals surface area (Å²) in [5.41, 5.74) is 0.509. The smallest absolute Gasteiger partial charge is 0.271 e. The van der Waals surface area contributed by atoms with Crippen LogP contribution in [0.5, 0.6) is 11.6 Å². The Bertz CT molecular complexity index is 1030. The molecule has 0 aliphatic heterocycles. The van der Waals surface area contributed by atoms with E-state index < -0.39 is 4.92 Å². The average Bonchev–Trinajstić information content (AvgIpc) is 2.88. The van der Waals surface area contributed by atoms with E-state index in [2.05, 4.69) is 15.3 Å². The minimum absolute atomic E-state index is 0.0517. The lowest BCUT2D eigenvalue weighted by Gasteiger charge is -2.04. The summed E-state index contributed by atoms with van der Waals surface area (Å²) in [4.78, 5) is 10.2. The number of hydrogen-bond donors (Lipinski definition) is 2. The first-order chi connectivity index (χ1) is 12.4. The van der Waals surface area contributed by atoms with Gasteiger partial charge < -0.3 is 10.2 Å². The van der Waals surface area contributed by atoms with Crippen LogP contribution in [0, 0.1) is 17.0 Å². The molecule has 0 saturated heterocycles. The van der Waals surface area contributed by atoms with Crippen molar-refractivity contribution in [2.24, 2.45) is 10.2 Å². The minimum Gasteiger partial charge on any atom is -0.506 e. The normalized spacial score (nSPS) is 11.2. The number of para-hydroxylation sites is 1. The quantitative estimate of drug-likeness (QED) is 0.393. The van der Waals surface area contributed by atoms with Crippen LogP contribution in [0.15, 0.2) is 52.7 Å². The van der Waals surface area contributed by atoms with E-state index in [1.807, 2.05) is 0 Å². The number of non-ortho nitro benzene ring substituents is 1. The molecule has 0 aliphatic carbocycles. The van der Waals surface area contributed by atoms with Gasteiger partial charge in [-0.3, -0.25) is 10.1 Å². The van der Waals surface area contributed by atoms with Crippen molar-refractivity contribution in [1.82, 2.24) is 9.78 Å². The number of phenols is 1. The molecule has 1 aromatic heterocycles. The molecule has 9 nitrogen and oxygen atoms in total. The molecule has 2 N–H and O–H groups in total. The lowest BCUT2D eigenvalue weighted by molar-refractivity contribution is -0.384. The topological polar surface area (TPSA) is 126 Å². The largest absolute Gasteiger partial charge is 0.506 e. The fraction of sp³-hybridized carbons (Fsp3) is 0.0625. The maximum absolute atomic E-state index is 10.8. The third kappa shape index (κ3) is 3.20. The van der Waals surface area contributed by atoms with Gasteiger partial charge in [-0.05, 0) is 25.1 Å². The molecule has 10 heteroatoms. The van der Waals surface area contributed by atoms with E-state index in [1.54, 1.807) is 31.2 Å². The molecule has 0 saturated carbocycles. The summed E-state index contributed by atoms with van der Waals surface area (Å²) in [6, 6.07) is 10.2. The summed E-state index contributed by atoms with van der Waals surface area (Å²) in [6.07, 6.45) is 0. The summed E-state index contributed by atoms with van der Waals surface area (Å²) in [5, 5.41) is 43.2. The highest BCUT2D eigenvalue weighted by molar-refractivity contribution is 6.32. The van der Waals surface area contributed by atoms with Gasteiger partial charge in [0.15, 0.2) is 5.69 Å². The number of azo groups is 1. The highest BCUT2D eigenvalue weighted by Crippen LogP contribution is 2.37. The van der Waals surface area contributed by atoms with E-state index >= 15 is 0 Å². The number of benzene rings is 2. The van der Waals surface area contributed by atoms with E-state index in [0.29, 0.717) is 16.4 Å². The highest BCUT2D eigenvalue weighted by Gasteiger charge is 2.17. The molecular formula is C16H12ClN5O4. The molecule has 2 aromatic carbocycles. The van der Waals surface area contributed by atoms with Crippen molar-refractivity contribution in [2.45, 2.75) is 6.92 Å². The molecule has 0 bridgehead atoms. The van der Waals surface area contributed by atoms with Gasteiger partial charge in [0.1, 0.15) is 11.4 Å². The first-order valence-corrected chi connectivity index (χ1v) is 7.69. The lowest BCUT2D eigenvalue weighted by Crippen LogP contribution is -1.96. The predicted molar refractivity (Wildman–Crippen MR) is 93.9 cm³/mol. The number of phenolic OH excluding ortho intramolecular Hbond substituents is 1. The first-order valence-electron chi connectivity index (χ1n) is 7.31. The van der Waals surface area contributed by atoms with Crippen molar-refractivity contribution in [2.75, 3.05) is 0 Å². The van der Waals surface area contributed by atoms with Crippen molar-refractivity contribution in [1.29, 1.82) is 0 Å². The molecule has 0 amide bonds. The van der Waals surface area contributed by atoms with Gasteiger partial charge >= 0.3 is 0 Å². The summed E-state index contributed by atoms with van der Waals surface area (Å²) in [6.45, 7) is 1.61. The number of nitrogens with zero attached hydrogens (tertiary/aromatic N) is 5. The van der Waals surface area contributed by atoms with Crippen LogP contribution in [0.4, 0.5) is 17.1 Å². The number of hydrogen-bond acceptors (Lipinski definition) is 7. The molecule has 1 heterocycles. The van der Waals surface area contributed by atoms with Gasteiger partial charge in [0.2, 0.25) is 5.88 Å². The summed E-state index contributed by atoms with van der Waals surface area (Å²) in [5.74, 6) is -0.584. The van der Waals surface area contributed by atoms with E-state index in [-0.39, 0.29) is 28.7 Å². The molecule has 0 fully saturated rings. The summed E-state index contributed by atoms with van der Waals surface area (Å²) in [7, 11) is 0. The number of rotatable bonds is 4. The number of aromatic nitrogens is 2. The van der Waals surface area contributed by atoms with Gasteiger partial charge in [0.05, 0.1) is 21.3 Å². The van der Waals surface area contributed by atoms with Gasteiger partial charge in [0, 0.05) is 12.1 Å². The van der Waals surface area contributed by atoms with Crippen molar-refractivity contribution in [3.05, 3.63) is 63.3 Å². The monoisotopic (exact) mass is 373 g/mol. The lowest BCUT2D eigenvalue weighted by atomic mass is 10.2. The Labute approximate surface area is 152 Å². The predicted octanol–water partition coefficient (Wildman–Crippen LogP) is 4.57. The van der Waals surface area contributed by atoms with Crippen molar-refractivity contribution in [3.8, 4) is 17.3 Å². The zero-order valence-electron chi connectivity index (χ0n) is 13.4. The second-order valence-electron chi connectivity index (χ2n) is 5.25. The Balaban J connectivity index is 2.02. The second-order valence-corrected chi connectivity index (χ2v) is 5.66. The van der Waals surface area contributed by atoms with E-state index in [0.717, 1.165) is 18.2 Å². The van der Waals surface area contributed by atoms with Crippen molar-refractivity contribution >= 4 is 28.7 Å². The number of aryl methyl sites for hydroxylation is 1. The van der Waals surface area contributed by atoms with Crippen LogP contribution in [0.1, 0.15) is 5.69 Å². The minimum atomic E-state index is -0.614. The van der Waals surface area contributed by atoms with Crippen LogP contribution >= 0.6 is 11.6 Å². The fourth-order valence-electron chi connectivity index (χ4n) is 2.22. The average molecular weight is 374 g/mol. The number of halogens is 1. The fourth-order valence-corrected chi connectivity index (χ4v) is 2.44. The first kappa shape index (κ1) is 17.4. The standard InChI is InChI=1S/C16H12ClN5O4/c1-9-15(16(24)21(20-9)13-5-3-2-4-11(13)17)19-18-12-8-10(22(25)26)6-7-14(12)23/h2-8,23-24H,1H3/b19-18+. The zero-order valence-corrected chi connectivity index (χ0v) is 14.1. The Hall–Kier alpha value is -3.46. The molecule has 3 aromatic rings. The Morgan fingerprint density at radius 3 is 2.62 bits per heavy atom. The Morgan fingerprint density at radius 1 is 1.19 bits per heavy atom. The SMILES string of the molecule is Cc1nn(-c2ccccc2Cl)c(O)c1/N=N/c1cc([N+](=O)[O-])ccc1O. The molecule has 0 spiro atoms. The van der Waals surface area contributed by atoms with Crippen LogP contribution in [0.25, 0.3) is 5.69 Å². The van der Waals surface area contributed by atoms with Crippen LogP contribution in [0.2, 0.25) is 5.02 Å². The highest BCUT2D eigenvalue weighted by atomic mass is 35.5. The van der Waals surface area contributed by atoms with Gasteiger partial charge in [-0.2, -0.15) is 9.78 Å². The van der Waals surface area contributed by atoms with Crippen LogP contribution < -0.4 is 0 Å². The zero-order chi connectivity index (χ0) is 18.8. The molecule has 0 unspecified atom stereocenters. The molecule has 3 rings (SSSR count).